The minimum atomic E-state index is -4.61. The lowest BCUT2D eigenvalue weighted by atomic mass is 10.0. The molecular formula is C74H145N2O6P. The molecule has 8 nitrogen and oxygen atoms in total. The normalized spacial score (nSPS) is 13.8. The zero-order valence-electron chi connectivity index (χ0n) is 56.4. The van der Waals surface area contributed by atoms with Gasteiger partial charge in [-0.05, 0) is 44.9 Å². The van der Waals surface area contributed by atoms with E-state index >= 15 is 0 Å². The molecule has 3 atom stereocenters. The Morgan fingerprint density at radius 2 is 0.675 bits per heavy atom. The number of quaternary nitrogens is 1. The number of hydrogen-bond donors (Lipinski definition) is 2. The molecule has 0 fully saturated rings. The number of aliphatic hydroxyl groups is 1. The summed E-state index contributed by atoms with van der Waals surface area (Å²) in [6.45, 7) is 4.68. The number of unbranched alkanes of at least 4 members (excludes halogenated alkanes) is 52. The van der Waals surface area contributed by atoms with Crippen LogP contribution in [0.15, 0.2) is 36.5 Å². The van der Waals surface area contributed by atoms with Crippen molar-refractivity contribution in [3.05, 3.63) is 36.5 Å². The van der Waals surface area contributed by atoms with Gasteiger partial charge in [-0.3, -0.25) is 9.36 Å². The van der Waals surface area contributed by atoms with Crippen molar-refractivity contribution in [2.75, 3.05) is 40.9 Å². The summed E-state index contributed by atoms with van der Waals surface area (Å²) >= 11 is 0. The van der Waals surface area contributed by atoms with Crippen LogP contribution in [0.1, 0.15) is 380 Å². The van der Waals surface area contributed by atoms with Gasteiger partial charge in [0.1, 0.15) is 13.2 Å². The summed E-state index contributed by atoms with van der Waals surface area (Å²) in [6.07, 6.45) is 87.3. The van der Waals surface area contributed by atoms with Gasteiger partial charge in [-0.1, -0.05) is 365 Å². The number of nitrogens with one attached hydrogen (secondary N) is 1. The van der Waals surface area contributed by atoms with Crippen molar-refractivity contribution in [3.8, 4) is 0 Å². The molecule has 0 rings (SSSR count). The van der Waals surface area contributed by atoms with Crippen molar-refractivity contribution in [3.63, 3.8) is 0 Å². The second kappa shape index (κ2) is 65.2. The lowest BCUT2D eigenvalue weighted by molar-refractivity contribution is -0.870. The van der Waals surface area contributed by atoms with Crippen LogP contribution in [0.25, 0.3) is 0 Å². The van der Waals surface area contributed by atoms with Crippen molar-refractivity contribution in [2.45, 2.75) is 392 Å². The first-order chi connectivity index (χ1) is 40.5. The molecule has 0 radical (unpaired) electrons. The molecular weight excluding hydrogens is 1040 g/mol. The fourth-order valence-electron chi connectivity index (χ4n) is 11.4. The first kappa shape index (κ1) is 81.7. The minimum absolute atomic E-state index is 0.00709. The highest BCUT2D eigenvalue weighted by atomic mass is 31.2. The van der Waals surface area contributed by atoms with Gasteiger partial charge in [0.15, 0.2) is 0 Å². The van der Waals surface area contributed by atoms with Gasteiger partial charge in [-0.15, -0.1) is 0 Å². The Balaban J connectivity index is 3.97. The van der Waals surface area contributed by atoms with E-state index in [-0.39, 0.29) is 12.5 Å². The molecule has 0 aliphatic heterocycles. The largest absolute Gasteiger partial charge is 0.756 e. The average Bonchev–Trinajstić information content (AvgIpc) is 3.49. The Morgan fingerprint density at radius 3 is 0.976 bits per heavy atom. The van der Waals surface area contributed by atoms with Crippen molar-refractivity contribution in [1.29, 1.82) is 0 Å². The van der Waals surface area contributed by atoms with E-state index in [4.69, 9.17) is 9.05 Å². The topological polar surface area (TPSA) is 108 Å². The van der Waals surface area contributed by atoms with Crippen LogP contribution in [0.4, 0.5) is 0 Å². The van der Waals surface area contributed by atoms with E-state index in [1.165, 1.54) is 315 Å². The highest BCUT2D eigenvalue weighted by Crippen LogP contribution is 2.38. The second-order valence-corrected chi connectivity index (χ2v) is 28.1. The van der Waals surface area contributed by atoms with Crippen LogP contribution in [-0.4, -0.2) is 68.5 Å². The summed E-state index contributed by atoms with van der Waals surface area (Å²) in [6, 6.07) is -0.909. The molecule has 1 amide bonds. The summed E-state index contributed by atoms with van der Waals surface area (Å²) < 4.78 is 23.4. The van der Waals surface area contributed by atoms with Gasteiger partial charge in [0, 0.05) is 6.42 Å². The predicted octanol–water partition coefficient (Wildman–Crippen LogP) is 23.0. The lowest BCUT2D eigenvalue weighted by Gasteiger charge is -2.29. The molecule has 0 saturated carbocycles. The van der Waals surface area contributed by atoms with Crippen LogP contribution in [0.5, 0.6) is 0 Å². The Hall–Kier alpha value is -1.28. The number of nitrogens with zero attached hydrogens (tertiary/aromatic N) is 1. The lowest BCUT2D eigenvalue weighted by Crippen LogP contribution is -2.45. The van der Waals surface area contributed by atoms with Crippen LogP contribution in [0, 0.1) is 0 Å². The number of hydrogen-bond acceptors (Lipinski definition) is 6. The number of likely N-dealkylation sites (N-methyl/N-ethyl adjacent to an activating group) is 1. The number of phosphoric acid groups is 1. The number of rotatable bonds is 69. The maximum Gasteiger partial charge on any atom is 0.268 e. The molecule has 2 N–H and O–H groups in total. The summed E-state index contributed by atoms with van der Waals surface area (Å²) in [5.74, 6) is -0.203. The number of carbonyl (C=O) groups is 1. The van der Waals surface area contributed by atoms with Crippen LogP contribution in [0.3, 0.4) is 0 Å². The highest BCUT2D eigenvalue weighted by molar-refractivity contribution is 7.45. The Morgan fingerprint density at radius 1 is 0.410 bits per heavy atom. The second-order valence-electron chi connectivity index (χ2n) is 26.6. The number of carbonyl (C=O) groups excluding carboxylic acids is 1. The van der Waals surface area contributed by atoms with E-state index < -0.39 is 26.6 Å². The van der Waals surface area contributed by atoms with Crippen LogP contribution >= 0.6 is 7.82 Å². The van der Waals surface area contributed by atoms with Crippen LogP contribution in [-0.2, 0) is 18.4 Å². The molecule has 0 aliphatic carbocycles. The van der Waals surface area contributed by atoms with Crippen molar-refractivity contribution in [1.82, 2.24) is 5.32 Å². The Kier molecular flexibility index (Phi) is 64.2. The minimum Gasteiger partial charge on any atom is -0.756 e. The van der Waals surface area contributed by atoms with E-state index in [0.29, 0.717) is 17.4 Å². The molecule has 0 bridgehead atoms. The van der Waals surface area contributed by atoms with Crippen molar-refractivity contribution < 1.29 is 32.9 Å². The number of allylic oxidation sites excluding steroid dienone is 5. The zero-order valence-corrected chi connectivity index (χ0v) is 57.3. The predicted molar refractivity (Wildman–Crippen MR) is 362 cm³/mol. The summed E-state index contributed by atoms with van der Waals surface area (Å²) in [5.41, 5.74) is 0. The third-order valence-electron chi connectivity index (χ3n) is 17.1. The van der Waals surface area contributed by atoms with Crippen LogP contribution in [0.2, 0.25) is 0 Å². The fraction of sp³-hybridized carbons (Fsp3) is 0.905. The van der Waals surface area contributed by atoms with Crippen LogP contribution < -0.4 is 10.2 Å². The molecule has 0 aromatic carbocycles. The molecule has 83 heavy (non-hydrogen) atoms. The van der Waals surface area contributed by atoms with E-state index in [1.807, 2.05) is 27.2 Å². The Labute approximate surface area is 518 Å². The van der Waals surface area contributed by atoms with Gasteiger partial charge >= 0.3 is 0 Å². The van der Waals surface area contributed by atoms with E-state index in [1.54, 1.807) is 6.08 Å². The third-order valence-corrected chi connectivity index (χ3v) is 18.0. The average molecular weight is 1190 g/mol. The van der Waals surface area contributed by atoms with Crippen molar-refractivity contribution in [2.24, 2.45) is 0 Å². The fourth-order valence-corrected chi connectivity index (χ4v) is 12.1. The van der Waals surface area contributed by atoms with Gasteiger partial charge in [-0.2, -0.15) is 0 Å². The van der Waals surface area contributed by atoms with Crippen molar-refractivity contribution >= 4 is 13.7 Å². The van der Waals surface area contributed by atoms with Gasteiger partial charge < -0.3 is 28.8 Å². The summed E-state index contributed by atoms with van der Waals surface area (Å²) in [4.78, 5) is 25.6. The molecule has 9 heteroatoms. The first-order valence-corrected chi connectivity index (χ1v) is 38.3. The summed E-state index contributed by atoms with van der Waals surface area (Å²) in [7, 11) is 1.25. The van der Waals surface area contributed by atoms with E-state index in [0.717, 1.165) is 44.9 Å². The first-order valence-electron chi connectivity index (χ1n) is 36.9. The monoisotopic (exact) mass is 1190 g/mol. The SMILES string of the molecule is CCCCCCCCCCCCCCC/C=C/CC/C=C/CC/C=C/C(O)C(COP(=O)([O-])OCC[N+](C)(C)C)NC(=O)CCCCCCCCCCCCCCCCCCCCCCCCCCCCCCCCCCCCCCCC. The standard InChI is InChI=1S/C74H145N2O6P/c1-6-8-10-12-14-16-18-20-22-24-26-28-30-31-32-33-34-35-36-37-38-39-40-41-42-43-44-46-48-50-52-54-56-58-60-62-64-66-68-74(78)75-72(71-82-83(79,80)81-70-69-76(3,4)5)73(77)67-65-63-61-59-57-55-53-51-49-47-45-29-27-25-23-21-19-17-15-13-11-9-7-2/h49,51,57,59,65,67,72-73,77H,6-48,50,52-56,58,60-64,66,68-71H2,1-5H3,(H-,75,78,79,80)/b51-49+,59-57+,67-65+. The summed E-state index contributed by atoms with van der Waals surface area (Å²) in [5, 5.41) is 13.9. The van der Waals surface area contributed by atoms with Gasteiger partial charge in [0.05, 0.1) is 39.9 Å². The Bertz CT molecular complexity index is 1450. The smallest absolute Gasteiger partial charge is 0.268 e. The molecule has 3 unspecified atom stereocenters. The molecule has 0 saturated heterocycles. The molecule has 0 aliphatic rings. The maximum atomic E-state index is 13.0. The molecule has 0 heterocycles. The van der Waals surface area contributed by atoms with Gasteiger partial charge in [0.25, 0.3) is 7.82 Å². The van der Waals surface area contributed by atoms with E-state index in [9.17, 15) is 19.4 Å². The van der Waals surface area contributed by atoms with E-state index in [2.05, 4.69) is 43.5 Å². The molecule has 0 spiro atoms. The highest BCUT2D eigenvalue weighted by Gasteiger charge is 2.23. The number of phosphoric ester groups is 1. The number of aliphatic hydroxyl groups excluding tert-OH is 1. The number of amides is 1. The van der Waals surface area contributed by atoms with Gasteiger partial charge in [-0.25, -0.2) is 0 Å². The molecule has 0 aromatic heterocycles. The quantitative estimate of drug-likeness (QED) is 0.0272. The molecule has 0 aromatic rings. The van der Waals surface area contributed by atoms with Gasteiger partial charge in [0.2, 0.25) is 5.91 Å². The maximum absolute atomic E-state index is 13.0. The molecule has 492 valence electrons. The zero-order chi connectivity index (χ0) is 60.5. The third kappa shape index (κ3) is 68.1.